The zero-order chi connectivity index (χ0) is 10.7. The Hall–Kier alpha value is -1.82. The van der Waals surface area contributed by atoms with Gasteiger partial charge in [-0.15, -0.1) is 5.10 Å². The number of nitrogens with two attached hydrogens (primary N) is 1. The number of carbonyl (C=O) groups is 1. The van der Waals surface area contributed by atoms with E-state index in [4.69, 9.17) is 5.73 Å². The molecule has 0 radical (unpaired) electrons. The molecule has 5 nitrogen and oxygen atoms in total. The van der Waals surface area contributed by atoms with Crippen molar-refractivity contribution in [1.82, 2.24) is 15.2 Å². The summed E-state index contributed by atoms with van der Waals surface area (Å²) in [5, 5.41) is 6.46. The third kappa shape index (κ3) is 2.35. The molecule has 0 unspecified atom stereocenters. The van der Waals surface area contributed by atoms with Gasteiger partial charge in [0.2, 0.25) is 16.2 Å². The molecule has 0 saturated heterocycles. The van der Waals surface area contributed by atoms with Gasteiger partial charge in [-0.05, 0) is 11.8 Å². The van der Waals surface area contributed by atoms with Crippen LogP contribution in [0.25, 0.3) is 0 Å². The number of H-pyrrole nitrogens is 1. The van der Waals surface area contributed by atoms with Gasteiger partial charge in [0.15, 0.2) is 0 Å². The Kier molecular flexibility index (Phi) is 2.68. The highest BCUT2D eigenvalue weighted by molar-refractivity contribution is 8.14. The molecule has 2 aromatic rings. The summed E-state index contributed by atoms with van der Waals surface area (Å²) in [4.78, 5) is 15.5. The smallest absolute Gasteiger partial charge is 0.227 e. The van der Waals surface area contributed by atoms with Gasteiger partial charge in [0.05, 0.1) is 0 Å². The first kappa shape index (κ1) is 9.72. The first-order chi connectivity index (χ1) is 7.25. The summed E-state index contributed by atoms with van der Waals surface area (Å²) in [5.41, 5.74) is 5.96. The van der Waals surface area contributed by atoms with Crippen molar-refractivity contribution in [2.75, 3.05) is 5.73 Å². The number of hydrogen-bond acceptors (Lipinski definition) is 5. The molecule has 2 rings (SSSR count). The first-order valence-corrected chi connectivity index (χ1v) is 5.02. The lowest BCUT2D eigenvalue weighted by atomic mass is 10.2. The molecular weight excluding hydrogens is 212 g/mol. The van der Waals surface area contributed by atoms with Crippen molar-refractivity contribution in [3.63, 3.8) is 0 Å². The second-order valence-corrected chi connectivity index (χ2v) is 3.70. The molecule has 0 fully saturated rings. The molecule has 0 spiro atoms. The molecule has 0 aliphatic heterocycles. The van der Waals surface area contributed by atoms with E-state index in [2.05, 4.69) is 15.2 Å². The van der Waals surface area contributed by atoms with Crippen LogP contribution in [0, 0.1) is 0 Å². The monoisotopic (exact) mass is 220 g/mol. The maximum absolute atomic E-state index is 11.7. The van der Waals surface area contributed by atoms with Gasteiger partial charge in [0, 0.05) is 5.56 Å². The summed E-state index contributed by atoms with van der Waals surface area (Å²) in [6, 6.07) is 8.95. The van der Waals surface area contributed by atoms with Crippen LogP contribution >= 0.6 is 11.8 Å². The fraction of sp³-hybridized carbons (Fsp3) is 0. The van der Waals surface area contributed by atoms with Gasteiger partial charge in [-0.1, -0.05) is 30.3 Å². The quantitative estimate of drug-likeness (QED) is 0.745. The van der Waals surface area contributed by atoms with Crippen molar-refractivity contribution in [3.05, 3.63) is 35.9 Å². The second-order valence-electron chi connectivity index (χ2n) is 2.76. The summed E-state index contributed by atoms with van der Waals surface area (Å²) in [6.07, 6.45) is 0. The highest BCUT2D eigenvalue weighted by atomic mass is 32.2. The minimum Gasteiger partial charge on any atom is -0.368 e. The molecule has 3 N–H and O–H groups in total. The number of aromatic amines is 1. The van der Waals surface area contributed by atoms with E-state index in [0.717, 1.165) is 11.8 Å². The minimum absolute atomic E-state index is 0.102. The summed E-state index contributed by atoms with van der Waals surface area (Å²) in [7, 11) is 0. The Morgan fingerprint density at radius 3 is 2.67 bits per heavy atom. The van der Waals surface area contributed by atoms with Crippen LogP contribution in [0.4, 0.5) is 5.95 Å². The number of thioether (sulfide) groups is 1. The number of aromatic nitrogens is 3. The van der Waals surface area contributed by atoms with Crippen molar-refractivity contribution in [3.8, 4) is 0 Å². The largest absolute Gasteiger partial charge is 0.368 e. The highest BCUT2D eigenvalue weighted by Gasteiger charge is 2.10. The molecule has 0 aliphatic rings. The molecule has 0 atom stereocenters. The van der Waals surface area contributed by atoms with Crippen molar-refractivity contribution in [1.29, 1.82) is 0 Å². The van der Waals surface area contributed by atoms with Gasteiger partial charge in [-0.2, -0.15) is 4.98 Å². The first-order valence-electron chi connectivity index (χ1n) is 4.21. The zero-order valence-electron chi connectivity index (χ0n) is 7.68. The number of nitrogens with zero attached hydrogens (tertiary/aromatic N) is 2. The Bertz CT molecular complexity index is 468. The molecule has 1 aromatic heterocycles. The van der Waals surface area contributed by atoms with Crippen molar-refractivity contribution < 1.29 is 4.79 Å². The number of nitrogen functional groups attached to an aromatic ring is 1. The molecule has 1 aromatic carbocycles. The zero-order valence-corrected chi connectivity index (χ0v) is 8.49. The van der Waals surface area contributed by atoms with Crippen LogP contribution in [-0.4, -0.2) is 20.3 Å². The molecule has 1 heterocycles. The van der Waals surface area contributed by atoms with E-state index in [1.54, 1.807) is 24.3 Å². The molecular formula is C9H8N4OS. The van der Waals surface area contributed by atoms with Gasteiger partial charge in [-0.25, -0.2) is 5.10 Å². The van der Waals surface area contributed by atoms with Gasteiger partial charge < -0.3 is 5.73 Å². The van der Waals surface area contributed by atoms with Crippen LogP contribution in [0.5, 0.6) is 0 Å². The Morgan fingerprint density at radius 2 is 2.07 bits per heavy atom. The van der Waals surface area contributed by atoms with E-state index < -0.39 is 0 Å². The van der Waals surface area contributed by atoms with Gasteiger partial charge in [0.25, 0.3) is 0 Å². The predicted molar refractivity (Wildman–Crippen MR) is 57.4 cm³/mol. The van der Waals surface area contributed by atoms with Crippen molar-refractivity contribution >= 4 is 22.8 Å². The Balaban J connectivity index is 2.11. The number of anilines is 1. The lowest BCUT2D eigenvalue weighted by Gasteiger charge is -1.95. The summed E-state index contributed by atoms with van der Waals surface area (Å²) in [5.74, 6) is 0.207. The molecule has 0 saturated carbocycles. The maximum Gasteiger partial charge on any atom is 0.227 e. The van der Waals surface area contributed by atoms with E-state index in [9.17, 15) is 4.79 Å². The topological polar surface area (TPSA) is 84.7 Å². The van der Waals surface area contributed by atoms with Crippen LogP contribution in [0.3, 0.4) is 0 Å². The van der Waals surface area contributed by atoms with Gasteiger partial charge in [0.1, 0.15) is 0 Å². The third-order valence-electron chi connectivity index (χ3n) is 1.68. The molecule has 15 heavy (non-hydrogen) atoms. The number of benzene rings is 1. The standard InChI is InChI=1S/C9H8N4OS/c10-8-11-9(13-12-8)15-7(14)6-4-2-1-3-5-6/h1-5H,(H3,10,11,12,13). The molecule has 76 valence electrons. The van der Waals surface area contributed by atoms with Gasteiger partial charge in [-0.3, -0.25) is 4.79 Å². The van der Waals surface area contributed by atoms with Gasteiger partial charge >= 0.3 is 0 Å². The summed E-state index contributed by atoms with van der Waals surface area (Å²) in [6.45, 7) is 0. The summed E-state index contributed by atoms with van der Waals surface area (Å²) >= 11 is 0.945. The van der Waals surface area contributed by atoms with E-state index in [0.29, 0.717) is 10.7 Å². The molecule has 0 amide bonds. The van der Waals surface area contributed by atoms with Crippen LogP contribution in [0.15, 0.2) is 35.5 Å². The van der Waals surface area contributed by atoms with E-state index >= 15 is 0 Å². The van der Waals surface area contributed by atoms with Crippen molar-refractivity contribution in [2.24, 2.45) is 0 Å². The second kappa shape index (κ2) is 4.14. The predicted octanol–water partition coefficient (Wildman–Crippen LogP) is 1.32. The number of nitrogens with one attached hydrogen (secondary N) is 1. The number of rotatable bonds is 2. The lowest BCUT2D eigenvalue weighted by molar-refractivity contribution is 0.108. The Labute approximate surface area is 90.1 Å². The van der Waals surface area contributed by atoms with Crippen molar-refractivity contribution in [2.45, 2.75) is 5.16 Å². The number of hydrogen-bond donors (Lipinski definition) is 2. The van der Waals surface area contributed by atoms with E-state index in [1.807, 2.05) is 6.07 Å². The Morgan fingerprint density at radius 1 is 1.33 bits per heavy atom. The maximum atomic E-state index is 11.7. The fourth-order valence-electron chi connectivity index (χ4n) is 1.02. The number of carbonyl (C=O) groups excluding carboxylic acids is 1. The minimum atomic E-state index is -0.102. The van der Waals surface area contributed by atoms with E-state index in [1.165, 1.54) is 0 Å². The van der Waals surface area contributed by atoms with Crippen LogP contribution < -0.4 is 5.73 Å². The van der Waals surface area contributed by atoms with Crippen LogP contribution in [0.2, 0.25) is 0 Å². The highest BCUT2D eigenvalue weighted by Crippen LogP contribution is 2.18. The molecule has 6 heteroatoms. The average Bonchev–Trinajstić information content (AvgIpc) is 2.65. The average molecular weight is 220 g/mol. The third-order valence-corrected chi connectivity index (χ3v) is 2.46. The van der Waals surface area contributed by atoms with E-state index in [-0.39, 0.29) is 11.1 Å². The molecule has 0 aliphatic carbocycles. The van der Waals surface area contributed by atoms with Crippen LogP contribution in [-0.2, 0) is 0 Å². The SMILES string of the molecule is Nc1nc(SC(=O)c2ccccc2)n[nH]1. The van der Waals surface area contributed by atoms with Crippen LogP contribution in [0.1, 0.15) is 10.4 Å². The lowest BCUT2D eigenvalue weighted by Crippen LogP contribution is -1.93. The normalized spacial score (nSPS) is 10.1. The molecule has 0 bridgehead atoms. The summed E-state index contributed by atoms with van der Waals surface area (Å²) < 4.78 is 0. The fourth-order valence-corrected chi connectivity index (χ4v) is 1.67.